The van der Waals surface area contributed by atoms with Crippen molar-refractivity contribution in [2.45, 2.75) is 39.7 Å². The summed E-state index contributed by atoms with van der Waals surface area (Å²) in [4.78, 5) is 23.3. The molecule has 2 fully saturated rings. The van der Waals surface area contributed by atoms with Gasteiger partial charge in [-0.05, 0) is 41.9 Å². The zero-order chi connectivity index (χ0) is 18.5. The molecule has 1 aromatic carbocycles. The van der Waals surface area contributed by atoms with E-state index in [0.29, 0.717) is 18.4 Å². The van der Waals surface area contributed by atoms with Crippen LogP contribution < -0.4 is 4.72 Å². The number of aromatic carboxylic acids is 1. The van der Waals surface area contributed by atoms with Crippen molar-refractivity contribution >= 4 is 21.8 Å². The van der Waals surface area contributed by atoms with E-state index in [1.807, 2.05) is 13.8 Å². The molecule has 0 aliphatic heterocycles. The maximum absolute atomic E-state index is 12.6. The summed E-state index contributed by atoms with van der Waals surface area (Å²) in [7, 11) is -3.62. The highest BCUT2D eigenvalue weighted by molar-refractivity contribution is 7.89. The van der Waals surface area contributed by atoms with Gasteiger partial charge in [0.1, 0.15) is 5.78 Å². The number of carbonyl (C=O) groups excluding carboxylic acids is 1. The van der Waals surface area contributed by atoms with Crippen LogP contribution in [0, 0.1) is 16.7 Å². The SMILES string of the molecule is CC1(C)[C@@H]2CC[C@@]1(CS(=O)(=O)NCc1ccc(C(=O)O)cc1)C(=O)C2. The van der Waals surface area contributed by atoms with E-state index in [9.17, 15) is 18.0 Å². The van der Waals surface area contributed by atoms with Crippen LogP contribution in [-0.2, 0) is 21.4 Å². The molecule has 2 saturated carbocycles. The molecule has 25 heavy (non-hydrogen) atoms. The number of benzene rings is 1. The van der Waals surface area contributed by atoms with Gasteiger partial charge in [0, 0.05) is 18.4 Å². The summed E-state index contributed by atoms with van der Waals surface area (Å²) in [6.07, 6.45) is 2.03. The highest BCUT2D eigenvalue weighted by Gasteiger charge is 2.65. The first-order chi connectivity index (χ1) is 11.6. The van der Waals surface area contributed by atoms with Crippen molar-refractivity contribution in [1.29, 1.82) is 0 Å². The number of hydrogen-bond donors (Lipinski definition) is 2. The lowest BCUT2D eigenvalue weighted by Gasteiger charge is -2.36. The summed E-state index contributed by atoms with van der Waals surface area (Å²) in [6, 6.07) is 6.05. The van der Waals surface area contributed by atoms with Gasteiger partial charge < -0.3 is 5.11 Å². The number of fused-ring (bicyclic) bond motifs is 2. The highest BCUT2D eigenvalue weighted by Crippen LogP contribution is 2.64. The third-order valence-corrected chi connectivity index (χ3v) is 7.73. The maximum Gasteiger partial charge on any atom is 0.335 e. The van der Waals surface area contributed by atoms with E-state index in [1.165, 1.54) is 12.1 Å². The minimum atomic E-state index is -3.62. The first-order valence-corrected chi connectivity index (χ1v) is 10.1. The molecule has 2 atom stereocenters. The van der Waals surface area contributed by atoms with Gasteiger partial charge in [-0.25, -0.2) is 17.9 Å². The van der Waals surface area contributed by atoms with Crippen molar-refractivity contribution in [2.24, 2.45) is 16.7 Å². The van der Waals surface area contributed by atoms with Crippen LogP contribution in [-0.4, -0.2) is 31.0 Å². The molecule has 0 saturated heterocycles. The summed E-state index contributed by atoms with van der Waals surface area (Å²) in [5.41, 5.74) is -0.244. The summed E-state index contributed by atoms with van der Waals surface area (Å²) in [6.45, 7) is 4.10. The van der Waals surface area contributed by atoms with Crippen LogP contribution in [0.2, 0.25) is 0 Å². The zero-order valence-electron chi connectivity index (χ0n) is 14.4. The third-order valence-electron chi connectivity index (χ3n) is 6.27. The van der Waals surface area contributed by atoms with Crippen LogP contribution in [0.5, 0.6) is 0 Å². The van der Waals surface area contributed by atoms with E-state index < -0.39 is 21.4 Å². The molecule has 3 rings (SSSR count). The fourth-order valence-corrected chi connectivity index (χ4v) is 6.26. The van der Waals surface area contributed by atoms with Gasteiger partial charge in [-0.1, -0.05) is 26.0 Å². The smallest absolute Gasteiger partial charge is 0.335 e. The van der Waals surface area contributed by atoms with Crippen molar-refractivity contribution in [3.63, 3.8) is 0 Å². The first-order valence-electron chi connectivity index (χ1n) is 8.40. The Morgan fingerprint density at radius 2 is 1.92 bits per heavy atom. The lowest BCUT2D eigenvalue weighted by molar-refractivity contribution is -0.128. The normalized spacial score (nSPS) is 27.6. The fraction of sp³-hybridized carbons (Fsp3) is 0.556. The number of carboxylic acid groups (broad SMARTS) is 1. The van der Waals surface area contributed by atoms with Gasteiger partial charge >= 0.3 is 5.97 Å². The molecule has 2 aliphatic rings. The van der Waals surface area contributed by atoms with Crippen molar-refractivity contribution in [2.75, 3.05) is 5.75 Å². The zero-order valence-corrected chi connectivity index (χ0v) is 15.2. The molecule has 1 aromatic rings. The first kappa shape index (κ1) is 18.1. The molecule has 136 valence electrons. The Kier molecular flexibility index (Phi) is 4.28. The van der Waals surface area contributed by atoms with Gasteiger partial charge in [-0.3, -0.25) is 4.79 Å². The number of nitrogens with one attached hydrogen (secondary N) is 1. The lowest BCUT2D eigenvalue weighted by atomic mass is 9.70. The number of hydrogen-bond acceptors (Lipinski definition) is 4. The van der Waals surface area contributed by atoms with Gasteiger partial charge in [-0.2, -0.15) is 0 Å². The second-order valence-corrected chi connectivity index (χ2v) is 9.56. The number of sulfonamides is 1. The molecule has 2 bridgehead atoms. The Bertz CT molecular complexity index is 812. The average molecular weight is 365 g/mol. The molecule has 2 aliphatic carbocycles. The molecular formula is C18H23NO5S. The van der Waals surface area contributed by atoms with Crippen LogP contribution in [0.3, 0.4) is 0 Å². The largest absolute Gasteiger partial charge is 0.478 e. The molecule has 2 N–H and O–H groups in total. The Hall–Kier alpha value is -1.73. The van der Waals surface area contributed by atoms with Crippen molar-refractivity contribution in [1.82, 2.24) is 4.72 Å². The Morgan fingerprint density at radius 3 is 2.40 bits per heavy atom. The van der Waals surface area contributed by atoms with Crippen LogP contribution in [0.25, 0.3) is 0 Å². The summed E-state index contributed by atoms with van der Waals surface area (Å²) >= 11 is 0. The van der Waals surface area contributed by atoms with Crippen molar-refractivity contribution < 1.29 is 23.1 Å². The Morgan fingerprint density at radius 1 is 1.28 bits per heavy atom. The van der Waals surface area contributed by atoms with Crippen molar-refractivity contribution in [3.8, 4) is 0 Å². The van der Waals surface area contributed by atoms with E-state index in [0.717, 1.165) is 6.42 Å². The molecule has 0 heterocycles. The van der Waals surface area contributed by atoms with Crippen molar-refractivity contribution in [3.05, 3.63) is 35.4 Å². The van der Waals surface area contributed by atoms with Gasteiger partial charge in [0.2, 0.25) is 10.0 Å². The predicted molar refractivity (Wildman–Crippen MR) is 92.6 cm³/mol. The summed E-state index contributed by atoms with van der Waals surface area (Å²) < 4.78 is 27.7. The van der Waals surface area contributed by atoms with E-state index >= 15 is 0 Å². The number of ketones is 1. The van der Waals surface area contributed by atoms with Crippen LogP contribution in [0.4, 0.5) is 0 Å². The second-order valence-electron chi connectivity index (χ2n) is 7.75. The van der Waals surface area contributed by atoms with Gasteiger partial charge in [-0.15, -0.1) is 0 Å². The minimum Gasteiger partial charge on any atom is -0.478 e. The quantitative estimate of drug-likeness (QED) is 0.805. The van der Waals surface area contributed by atoms with Gasteiger partial charge in [0.15, 0.2) is 0 Å². The average Bonchev–Trinajstić information content (AvgIpc) is 2.87. The molecule has 0 radical (unpaired) electrons. The third kappa shape index (κ3) is 3.00. The van der Waals surface area contributed by atoms with Crippen LogP contribution >= 0.6 is 0 Å². The summed E-state index contributed by atoms with van der Waals surface area (Å²) in [5, 5.41) is 8.88. The predicted octanol–water partition coefficient (Wildman–Crippen LogP) is 2.20. The molecule has 0 aromatic heterocycles. The molecular weight excluding hydrogens is 342 g/mol. The molecule has 0 unspecified atom stereocenters. The molecule has 6 nitrogen and oxygen atoms in total. The van der Waals surface area contributed by atoms with E-state index in [2.05, 4.69) is 4.72 Å². The van der Waals surface area contributed by atoms with Crippen LogP contribution in [0.15, 0.2) is 24.3 Å². The summed E-state index contributed by atoms with van der Waals surface area (Å²) in [5.74, 6) is -0.845. The highest BCUT2D eigenvalue weighted by atomic mass is 32.2. The topological polar surface area (TPSA) is 101 Å². The Balaban J connectivity index is 1.70. The molecule has 0 spiro atoms. The number of rotatable bonds is 6. The minimum absolute atomic E-state index is 0.0740. The van der Waals surface area contributed by atoms with E-state index in [-0.39, 0.29) is 35.0 Å². The maximum atomic E-state index is 12.6. The van der Waals surface area contributed by atoms with Gasteiger partial charge in [0.25, 0.3) is 0 Å². The van der Waals surface area contributed by atoms with E-state index in [4.69, 9.17) is 5.11 Å². The van der Waals surface area contributed by atoms with Gasteiger partial charge in [0.05, 0.1) is 11.3 Å². The van der Waals surface area contributed by atoms with E-state index in [1.54, 1.807) is 12.1 Å². The lowest BCUT2D eigenvalue weighted by Crippen LogP contribution is -2.45. The van der Waals surface area contributed by atoms with Crippen LogP contribution in [0.1, 0.15) is 49.0 Å². The molecule has 7 heteroatoms. The number of Topliss-reactive ketones (excluding diaryl/α,β-unsaturated/α-hetero) is 1. The fourth-order valence-electron chi connectivity index (χ4n) is 4.44. The molecule has 0 amide bonds. The standard InChI is InChI=1S/C18H23NO5S/c1-17(2)14-7-8-18(17,15(20)9-14)11-25(23,24)19-10-12-3-5-13(6-4-12)16(21)22/h3-6,14,19H,7-11H2,1-2H3,(H,21,22)/t14-,18-/m1/s1. The number of carbonyl (C=O) groups is 2. The number of carboxylic acids is 1. The second kappa shape index (κ2) is 5.92. The Labute approximate surface area is 147 Å². The monoisotopic (exact) mass is 365 g/mol.